The number of rotatable bonds is 4. The van der Waals surface area contributed by atoms with E-state index in [1.165, 1.54) is 18.4 Å². The Hall–Kier alpha value is -0.120. The minimum atomic E-state index is -4.55. The number of hydrogen-bond donors (Lipinski definition) is 0. The van der Waals surface area contributed by atoms with E-state index in [2.05, 4.69) is 15.9 Å². The van der Waals surface area contributed by atoms with E-state index in [1.807, 2.05) is 0 Å². The summed E-state index contributed by atoms with van der Waals surface area (Å²) in [7, 11) is -4.09. The van der Waals surface area contributed by atoms with Crippen LogP contribution in [0.25, 0.3) is 0 Å². The zero-order chi connectivity index (χ0) is 13.3. The minimum absolute atomic E-state index is 0.108. The van der Waals surface area contributed by atoms with E-state index < -0.39 is 22.7 Å². The molecule has 17 heavy (non-hydrogen) atoms. The van der Waals surface area contributed by atoms with Crippen molar-refractivity contribution in [1.29, 1.82) is 0 Å². The lowest BCUT2D eigenvalue weighted by atomic mass is 10.6. The van der Waals surface area contributed by atoms with Crippen LogP contribution in [0, 0.1) is 0 Å². The highest BCUT2D eigenvalue weighted by Crippen LogP contribution is 2.31. The summed E-state index contributed by atoms with van der Waals surface area (Å²) in [5, 5.41) is 1.50. The molecular weight excluding hydrogens is 343 g/mol. The van der Waals surface area contributed by atoms with Gasteiger partial charge in [-0.15, -0.1) is 11.3 Å². The van der Waals surface area contributed by atoms with Crippen LogP contribution >= 0.6 is 27.3 Å². The van der Waals surface area contributed by atoms with E-state index in [0.717, 1.165) is 11.3 Å². The summed E-state index contributed by atoms with van der Waals surface area (Å²) in [6, 6.07) is 1.49. The van der Waals surface area contributed by atoms with Crippen LogP contribution in [-0.4, -0.2) is 32.0 Å². The van der Waals surface area contributed by atoms with E-state index >= 15 is 0 Å². The van der Waals surface area contributed by atoms with Gasteiger partial charge in [0.25, 0.3) is 10.0 Å². The highest BCUT2D eigenvalue weighted by Gasteiger charge is 2.37. The molecule has 3 nitrogen and oxygen atoms in total. The maximum absolute atomic E-state index is 12.3. The van der Waals surface area contributed by atoms with Gasteiger partial charge in [-0.25, -0.2) is 8.42 Å². The van der Waals surface area contributed by atoms with Crippen molar-refractivity contribution in [3.63, 3.8) is 0 Å². The molecule has 0 radical (unpaired) electrons. The molecule has 0 saturated heterocycles. The van der Waals surface area contributed by atoms with Crippen LogP contribution < -0.4 is 0 Å². The van der Waals surface area contributed by atoms with Gasteiger partial charge in [-0.05, 0) is 27.4 Å². The molecule has 0 unspecified atom stereocenters. The molecule has 0 fully saturated rings. The number of alkyl halides is 3. The summed E-state index contributed by atoms with van der Waals surface area (Å²) in [6.07, 6.45) is -4.55. The number of thiophene rings is 1. The molecule has 0 spiro atoms. The fourth-order valence-corrected chi connectivity index (χ4v) is 5.03. The molecule has 0 atom stereocenters. The van der Waals surface area contributed by atoms with Crippen LogP contribution in [0.15, 0.2) is 20.1 Å². The van der Waals surface area contributed by atoms with Gasteiger partial charge in [0.05, 0.1) is 0 Å². The Morgan fingerprint density at radius 1 is 1.47 bits per heavy atom. The van der Waals surface area contributed by atoms with Gasteiger partial charge in [0.15, 0.2) is 0 Å². The molecule has 1 rings (SSSR count). The number of hydrogen-bond acceptors (Lipinski definition) is 3. The predicted octanol–water partition coefficient (Wildman–Crippen LogP) is 3.08. The SMILES string of the molecule is CCN(CC(F)(F)F)S(=O)(=O)c1sccc1Br. The largest absolute Gasteiger partial charge is 0.402 e. The second kappa shape index (κ2) is 5.25. The van der Waals surface area contributed by atoms with Crippen LogP contribution in [0.3, 0.4) is 0 Å². The third-order valence-electron chi connectivity index (χ3n) is 1.87. The lowest BCUT2D eigenvalue weighted by molar-refractivity contribution is -0.135. The smallest absolute Gasteiger partial charge is 0.206 e. The summed E-state index contributed by atoms with van der Waals surface area (Å²) in [4.78, 5) is 0. The molecule has 1 aromatic rings. The zero-order valence-corrected chi connectivity index (χ0v) is 11.9. The number of sulfonamides is 1. The van der Waals surface area contributed by atoms with Crippen LogP contribution in [0.1, 0.15) is 6.92 Å². The van der Waals surface area contributed by atoms with Gasteiger partial charge in [-0.1, -0.05) is 6.92 Å². The van der Waals surface area contributed by atoms with Gasteiger partial charge in [0.1, 0.15) is 10.8 Å². The maximum atomic E-state index is 12.3. The standard InChI is InChI=1S/C8H9BrF3NO2S2/c1-2-13(5-8(10,11)12)17(14,15)7-6(9)3-4-16-7/h3-4H,2,5H2,1H3. The number of halogens is 4. The molecule has 0 bridgehead atoms. The van der Waals surface area contributed by atoms with Crippen molar-refractivity contribution >= 4 is 37.3 Å². The monoisotopic (exact) mass is 351 g/mol. The lowest BCUT2D eigenvalue weighted by Crippen LogP contribution is -2.38. The summed E-state index contributed by atoms with van der Waals surface area (Å²) in [5.41, 5.74) is 0. The highest BCUT2D eigenvalue weighted by atomic mass is 79.9. The van der Waals surface area contributed by atoms with Crippen LogP contribution in [0.5, 0.6) is 0 Å². The van der Waals surface area contributed by atoms with E-state index in [0.29, 0.717) is 4.31 Å². The Balaban J connectivity index is 3.08. The van der Waals surface area contributed by atoms with Gasteiger partial charge >= 0.3 is 6.18 Å². The second-order valence-electron chi connectivity index (χ2n) is 3.10. The lowest BCUT2D eigenvalue weighted by Gasteiger charge is -2.21. The Morgan fingerprint density at radius 3 is 2.41 bits per heavy atom. The van der Waals surface area contributed by atoms with Gasteiger partial charge in [-0.2, -0.15) is 17.5 Å². The second-order valence-corrected chi connectivity index (χ2v) is 7.01. The average molecular weight is 352 g/mol. The summed E-state index contributed by atoms with van der Waals surface area (Å²) < 4.78 is 61.2. The molecule has 0 aromatic carbocycles. The fourth-order valence-electron chi connectivity index (χ4n) is 1.15. The topological polar surface area (TPSA) is 37.4 Å². The molecular formula is C8H9BrF3NO2S2. The molecule has 0 aliphatic heterocycles. The maximum Gasteiger partial charge on any atom is 0.402 e. The Kier molecular flexibility index (Phi) is 4.61. The summed E-state index contributed by atoms with van der Waals surface area (Å²) in [5.74, 6) is 0. The Labute approximate surface area is 109 Å². The molecule has 0 aliphatic rings. The van der Waals surface area contributed by atoms with Gasteiger partial charge < -0.3 is 0 Å². The first-order valence-electron chi connectivity index (χ1n) is 4.48. The average Bonchev–Trinajstić information content (AvgIpc) is 2.59. The van der Waals surface area contributed by atoms with Crippen molar-refractivity contribution in [1.82, 2.24) is 4.31 Å². The van der Waals surface area contributed by atoms with Gasteiger partial charge in [0, 0.05) is 11.0 Å². The van der Waals surface area contributed by atoms with Crippen LogP contribution in [-0.2, 0) is 10.0 Å². The van der Waals surface area contributed by atoms with E-state index in [1.54, 1.807) is 0 Å². The molecule has 9 heteroatoms. The summed E-state index contributed by atoms with van der Waals surface area (Å²) in [6.45, 7) is -0.340. The third kappa shape index (κ3) is 3.67. The first kappa shape index (κ1) is 14.9. The molecule has 1 heterocycles. The van der Waals surface area contributed by atoms with Crippen molar-refractivity contribution in [2.45, 2.75) is 17.3 Å². The molecule has 0 aliphatic carbocycles. The first-order valence-corrected chi connectivity index (χ1v) is 7.59. The van der Waals surface area contributed by atoms with Crippen molar-refractivity contribution in [2.75, 3.05) is 13.1 Å². The van der Waals surface area contributed by atoms with Crippen LogP contribution in [0.4, 0.5) is 13.2 Å². The van der Waals surface area contributed by atoms with Crippen molar-refractivity contribution < 1.29 is 21.6 Å². The Morgan fingerprint density at radius 2 is 2.06 bits per heavy atom. The third-order valence-corrected chi connectivity index (χ3v) is 6.44. The van der Waals surface area contributed by atoms with Crippen LogP contribution in [0.2, 0.25) is 0 Å². The van der Waals surface area contributed by atoms with Gasteiger partial charge in [-0.3, -0.25) is 0 Å². The predicted molar refractivity (Wildman–Crippen MR) is 62.5 cm³/mol. The van der Waals surface area contributed by atoms with Gasteiger partial charge in [0.2, 0.25) is 0 Å². The van der Waals surface area contributed by atoms with Crippen molar-refractivity contribution in [3.05, 3.63) is 15.9 Å². The molecule has 0 amide bonds. The normalized spacial score (nSPS) is 13.3. The first-order chi connectivity index (χ1) is 7.68. The quantitative estimate of drug-likeness (QED) is 0.835. The fraction of sp³-hybridized carbons (Fsp3) is 0.500. The molecule has 0 saturated carbocycles. The number of nitrogens with zero attached hydrogens (tertiary/aromatic N) is 1. The van der Waals surface area contributed by atoms with E-state index in [4.69, 9.17) is 0 Å². The Bertz CT molecular complexity index is 483. The zero-order valence-electron chi connectivity index (χ0n) is 8.66. The minimum Gasteiger partial charge on any atom is -0.206 e. The van der Waals surface area contributed by atoms with E-state index in [9.17, 15) is 21.6 Å². The summed E-state index contributed by atoms with van der Waals surface area (Å²) >= 11 is 3.88. The van der Waals surface area contributed by atoms with E-state index in [-0.39, 0.29) is 15.2 Å². The molecule has 1 aromatic heterocycles. The van der Waals surface area contributed by atoms with Crippen molar-refractivity contribution in [3.8, 4) is 0 Å². The van der Waals surface area contributed by atoms with Crippen molar-refractivity contribution in [2.24, 2.45) is 0 Å². The highest BCUT2D eigenvalue weighted by molar-refractivity contribution is 9.10. The molecule has 98 valence electrons. The molecule has 0 N–H and O–H groups in total.